The number of carbonyl (C=O) groups excluding carboxylic acids is 1. The lowest BCUT2D eigenvalue weighted by molar-refractivity contribution is -0.136. The van der Waals surface area contributed by atoms with Crippen molar-refractivity contribution in [2.45, 2.75) is 38.9 Å². The van der Waals surface area contributed by atoms with Crippen LogP contribution in [-0.2, 0) is 17.8 Å². The van der Waals surface area contributed by atoms with Crippen molar-refractivity contribution in [2.75, 3.05) is 26.2 Å². The van der Waals surface area contributed by atoms with Gasteiger partial charge < -0.3 is 10.2 Å². The molecule has 1 N–H and O–H groups in total. The highest BCUT2D eigenvalue weighted by Crippen LogP contribution is 2.18. The first kappa shape index (κ1) is 14.5. The standard InChI is InChI=1S/C17H25N3O/c1-3-19-8-9-20(12-13(19)2)17(21)16-10-14-6-4-5-7-15(14)11-18-16/h4-7,13,16,18H,3,8-12H2,1-2H3/t13?,16-/m0/s1. The van der Waals surface area contributed by atoms with E-state index in [2.05, 4.69) is 48.3 Å². The third kappa shape index (κ3) is 2.97. The molecule has 0 saturated carbocycles. The first-order chi connectivity index (χ1) is 10.2. The molecule has 2 heterocycles. The summed E-state index contributed by atoms with van der Waals surface area (Å²) in [5, 5.41) is 3.41. The average Bonchev–Trinajstić information content (AvgIpc) is 2.53. The van der Waals surface area contributed by atoms with E-state index in [1.807, 2.05) is 4.90 Å². The first-order valence-electron chi connectivity index (χ1n) is 8.02. The van der Waals surface area contributed by atoms with Gasteiger partial charge in [0.05, 0.1) is 6.04 Å². The van der Waals surface area contributed by atoms with Crippen LogP contribution < -0.4 is 5.32 Å². The van der Waals surface area contributed by atoms with Gasteiger partial charge in [-0.05, 0) is 31.0 Å². The largest absolute Gasteiger partial charge is 0.338 e. The Morgan fingerprint density at radius 1 is 1.29 bits per heavy atom. The van der Waals surface area contributed by atoms with Gasteiger partial charge in [-0.2, -0.15) is 0 Å². The predicted octanol–water partition coefficient (Wildman–Crippen LogP) is 1.25. The number of hydrogen-bond donors (Lipinski definition) is 1. The molecule has 0 bridgehead atoms. The van der Waals surface area contributed by atoms with Crippen LogP contribution in [0.25, 0.3) is 0 Å². The summed E-state index contributed by atoms with van der Waals surface area (Å²) in [7, 11) is 0. The quantitative estimate of drug-likeness (QED) is 0.889. The second-order valence-corrected chi connectivity index (χ2v) is 6.17. The van der Waals surface area contributed by atoms with Crippen molar-refractivity contribution < 1.29 is 4.79 Å². The predicted molar refractivity (Wildman–Crippen MR) is 84.1 cm³/mol. The molecule has 0 spiro atoms. The highest BCUT2D eigenvalue weighted by Gasteiger charge is 2.31. The minimum Gasteiger partial charge on any atom is -0.338 e. The van der Waals surface area contributed by atoms with Crippen LogP contribution in [0.15, 0.2) is 24.3 Å². The van der Waals surface area contributed by atoms with E-state index in [0.29, 0.717) is 6.04 Å². The van der Waals surface area contributed by atoms with Gasteiger partial charge >= 0.3 is 0 Å². The molecule has 0 radical (unpaired) electrons. The fourth-order valence-electron chi connectivity index (χ4n) is 3.51. The highest BCUT2D eigenvalue weighted by atomic mass is 16.2. The molecule has 4 heteroatoms. The minimum absolute atomic E-state index is 0.0553. The third-order valence-electron chi connectivity index (χ3n) is 4.86. The fraction of sp³-hybridized carbons (Fsp3) is 0.588. The number of fused-ring (bicyclic) bond motifs is 1. The van der Waals surface area contributed by atoms with Crippen LogP contribution in [-0.4, -0.2) is 54.0 Å². The molecular formula is C17H25N3O. The Balaban J connectivity index is 1.65. The molecular weight excluding hydrogens is 262 g/mol. The van der Waals surface area contributed by atoms with Gasteiger partial charge in [-0.1, -0.05) is 31.2 Å². The number of hydrogen-bond acceptors (Lipinski definition) is 3. The molecule has 1 aromatic rings. The SMILES string of the molecule is CCN1CCN(C(=O)[C@@H]2Cc3ccccc3CN2)CC1C. The summed E-state index contributed by atoms with van der Waals surface area (Å²) >= 11 is 0. The van der Waals surface area contributed by atoms with Crippen molar-refractivity contribution >= 4 is 5.91 Å². The maximum atomic E-state index is 12.7. The van der Waals surface area contributed by atoms with Crippen LogP contribution in [0, 0.1) is 0 Å². The number of carbonyl (C=O) groups is 1. The van der Waals surface area contributed by atoms with Crippen LogP contribution in [0.2, 0.25) is 0 Å². The maximum absolute atomic E-state index is 12.7. The molecule has 2 aliphatic heterocycles. The van der Waals surface area contributed by atoms with E-state index in [1.165, 1.54) is 11.1 Å². The summed E-state index contributed by atoms with van der Waals surface area (Å²) in [5.41, 5.74) is 2.64. The average molecular weight is 287 g/mol. The normalized spacial score (nSPS) is 26.5. The summed E-state index contributed by atoms with van der Waals surface area (Å²) in [5.74, 6) is 0.270. The summed E-state index contributed by atoms with van der Waals surface area (Å²) in [4.78, 5) is 17.2. The Labute approximate surface area is 127 Å². The molecule has 1 amide bonds. The number of piperazine rings is 1. The van der Waals surface area contributed by atoms with Crippen LogP contribution in [0.5, 0.6) is 0 Å². The zero-order valence-electron chi connectivity index (χ0n) is 13.0. The number of benzene rings is 1. The lowest BCUT2D eigenvalue weighted by Crippen LogP contribution is -2.58. The van der Waals surface area contributed by atoms with Crippen molar-refractivity contribution in [3.63, 3.8) is 0 Å². The molecule has 0 aromatic heterocycles. The van der Waals surface area contributed by atoms with Crippen molar-refractivity contribution in [1.82, 2.24) is 15.1 Å². The van der Waals surface area contributed by atoms with Crippen LogP contribution in [0.3, 0.4) is 0 Å². The molecule has 114 valence electrons. The van der Waals surface area contributed by atoms with Gasteiger partial charge in [0.15, 0.2) is 0 Å². The molecule has 1 aromatic carbocycles. The molecule has 2 atom stereocenters. The van der Waals surface area contributed by atoms with E-state index in [4.69, 9.17) is 0 Å². The number of rotatable bonds is 2. The van der Waals surface area contributed by atoms with Crippen LogP contribution in [0.4, 0.5) is 0 Å². The van der Waals surface area contributed by atoms with E-state index >= 15 is 0 Å². The van der Waals surface area contributed by atoms with Gasteiger partial charge in [-0.15, -0.1) is 0 Å². The smallest absolute Gasteiger partial charge is 0.240 e. The van der Waals surface area contributed by atoms with Gasteiger partial charge in [-0.25, -0.2) is 0 Å². The minimum atomic E-state index is -0.0553. The second-order valence-electron chi connectivity index (χ2n) is 6.17. The van der Waals surface area contributed by atoms with Gasteiger partial charge in [0.1, 0.15) is 0 Å². The molecule has 2 aliphatic rings. The van der Waals surface area contributed by atoms with Crippen LogP contribution >= 0.6 is 0 Å². The summed E-state index contributed by atoms with van der Waals surface area (Å²) in [6, 6.07) is 8.82. The molecule has 1 saturated heterocycles. The van der Waals surface area contributed by atoms with Crippen molar-refractivity contribution in [1.29, 1.82) is 0 Å². The number of nitrogens with zero attached hydrogens (tertiary/aromatic N) is 2. The first-order valence-corrected chi connectivity index (χ1v) is 8.02. The second kappa shape index (κ2) is 6.16. The maximum Gasteiger partial charge on any atom is 0.240 e. The lowest BCUT2D eigenvalue weighted by atomic mass is 9.95. The molecule has 21 heavy (non-hydrogen) atoms. The Morgan fingerprint density at radius 2 is 2.05 bits per heavy atom. The highest BCUT2D eigenvalue weighted by molar-refractivity contribution is 5.82. The zero-order chi connectivity index (χ0) is 14.8. The molecule has 4 nitrogen and oxygen atoms in total. The molecule has 3 rings (SSSR count). The van der Waals surface area contributed by atoms with E-state index < -0.39 is 0 Å². The van der Waals surface area contributed by atoms with Gasteiger partial charge in [-0.3, -0.25) is 9.69 Å². The fourth-order valence-corrected chi connectivity index (χ4v) is 3.51. The van der Waals surface area contributed by atoms with Gasteiger partial charge in [0, 0.05) is 32.2 Å². The van der Waals surface area contributed by atoms with E-state index in [-0.39, 0.29) is 11.9 Å². The van der Waals surface area contributed by atoms with Crippen molar-refractivity contribution in [3.8, 4) is 0 Å². The third-order valence-corrected chi connectivity index (χ3v) is 4.86. The van der Waals surface area contributed by atoms with Gasteiger partial charge in [0.25, 0.3) is 0 Å². The van der Waals surface area contributed by atoms with E-state index in [9.17, 15) is 4.79 Å². The monoisotopic (exact) mass is 287 g/mol. The number of nitrogens with one attached hydrogen (secondary N) is 1. The topological polar surface area (TPSA) is 35.6 Å². The summed E-state index contributed by atoms with van der Waals surface area (Å²) < 4.78 is 0. The number of likely N-dealkylation sites (N-methyl/N-ethyl adjacent to an activating group) is 1. The lowest BCUT2D eigenvalue weighted by Gasteiger charge is -2.41. The molecule has 1 unspecified atom stereocenters. The Kier molecular flexibility index (Phi) is 4.27. The Morgan fingerprint density at radius 3 is 2.76 bits per heavy atom. The van der Waals surface area contributed by atoms with Crippen molar-refractivity contribution in [3.05, 3.63) is 35.4 Å². The molecule has 0 aliphatic carbocycles. The van der Waals surface area contributed by atoms with E-state index in [0.717, 1.165) is 39.1 Å². The number of amides is 1. The zero-order valence-corrected chi connectivity index (χ0v) is 13.0. The summed E-state index contributed by atoms with van der Waals surface area (Å²) in [6.07, 6.45) is 0.817. The molecule has 1 fully saturated rings. The Bertz CT molecular complexity index is 517. The van der Waals surface area contributed by atoms with Crippen LogP contribution in [0.1, 0.15) is 25.0 Å². The van der Waals surface area contributed by atoms with Crippen molar-refractivity contribution in [2.24, 2.45) is 0 Å². The van der Waals surface area contributed by atoms with Gasteiger partial charge in [0.2, 0.25) is 5.91 Å². The Hall–Kier alpha value is -1.39. The van der Waals surface area contributed by atoms with E-state index in [1.54, 1.807) is 0 Å². The summed E-state index contributed by atoms with van der Waals surface area (Å²) in [6.45, 7) is 8.98.